The van der Waals surface area contributed by atoms with Gasteiger partial charge in [0.1, 0.15) is 5.75 Å². The molecule has 6 heteroatoms. The van der Waals surface area contributed by atoms with Crippen LogP contribution >= 0.6 is 11.8 Å². The molecule has 0 saturated carbocycles. The molecule has 0 atom stereocenters. The van der Waals surface area contributed by atoms with Gasteiger partial charge in [-0.1, -0.05) is 46.8 Å². The Bertz CT molecular complexity index is 649. The molecular formula is C19H30N4OS. The number of aromatic nitrogens is 4. The number of hydrogen-bond donors (Lipinski definition) is 2. The van der Waals surface area contributed by atoms with Crippen LogP contribution in [0.1, 0.15) is 71.3 Å². The van der Waals surface area contributed by atoms with Crippen LogP contribution in [0.15, 0.2) is 17.0 Å². The highest BCUT2D eigenvalue weighted by molar-refractivity contribution is 7.99. The first kappa shape index (κ1) is 19.8. The fourth-order valence-corrected chi connectivity index (χ4v) is 3.68. The fourth-order valence-electron chi connectivity index (χ4n) is 2.70. The number of thioether (sulfide) groups is 1. The second kappa shape index (κ2) is 7.77. The van der Waals surface area contributed by atoms with Crippen molar-refractivity contribution >= 4 is 11.8 Å². The first-order valence-corrected chi connectivity index (χ1v) is 9.80. The molecule has 25 heavy (non-hydrogen) atoms. The molecular weight excluding hydrogens is 332 g/mol. The monoisotopic (exact) mass is 362 g/mol. The molecule has 2 aromatic rings. The third kappa shape index (κ3) is 5.46. The lowest BCUT2D eigenvalue weighted by atomic mass is 9.79. The molecule has 1 heterocycles. The number of H-pyrrole nitrogens is 1. The molecule has 0 aliphatic heterocycles. The van der Waals surface area contributed by atoms with Gasteiger partial charge in [0.25, 0.3) is 0 Å². The second-order valence-electron chi connectivity index (χ2n) is 8.50. The van der Waals surface area contributed by atoms with E-state index >= 15 is 0 Å². The summed E-state index contributed by atoms with van der Waals surface area (Å²) in [6.07, 6.45) is 2.99. The molecule has 0 fully saturated rings. The Morgan fingerprint density at radius 3 is 2.08 bits per heavy atom. The number of unbranched alkanes of at least 4 members (excludes halogenated alkanes) is 1. The van der Waals surface area contributed by atoms with E-state index in [1.165, 1.54) is 4.90 Å². The van der Waals surface area contributed by atoms with E-state index in [9.17, 15) is 5.11 Å². The van der Waals surface area contributed by atoms with Gasteiger partial charge in [-0.2, -0.15) is 5.21 Å². The summed E-state index contributed by atoms with van der Waals surface area (Å²) >= 11 is 1.85. The van der Waals surface area contributed by atoms with Gasteiger partial charge < -0.3 is 5.11 Å². The highest BCUT2D eigenvalue weighted by Crippen LogP contribution is 2.41. The van der Waals surface area contributed by atoms with Crippen LogP contribution in [-0.4, -0.2) is 31.5 Å². The summed E-state index contributed by atoms with van der Waals surface area (Å²) in [5.41, 5.74) is 1.88. The first-order valence-electron chi connectivity index (χ1n) is 8.82. The number of aryl methyl sites for hydroxylation is 1. The van der Waals surface area contributed by atoms with Gasteiger partial charge in [-0.25, -0.2) is 0 Å². The lowest BCUT2D eigenvalue weighted by Crippen LogP contribution is -2.17. The molecule has 2 rings (SSSR count). The van der Waals surface area contributed by atoms with E-state index in [2.05, 4.69) is 74.3 Å². The predicted molar refractivity (Wildman–Crippen MR) is 103 cm³/mol. The minimum atomic E-state index is -0.0841. The van der Waals surface area contributed by atoms with Crippen LogP contribution in [0.3, 0.4) is 0 Å². The Labute approximate surface area is 155 Å². The lowest BCUT2D eigenvalue weighted by molar-refractivity contribution is 0.422. The van der Waals surface area contributed by atoms with E-state index in [1.807, 2.05) is 11.8 Å². The normalized spacial score (nSPS) is 12.6. The molecule has 1 aromatic heterocycles. The van der Waals surface area contributed by atoms with Gasteiger partial charge in [-0.3, -0.25) is 0 Å². The average Bonchev–Trinajstić information content (AvgIpc) is 2.99. The third-order valence-corrected chi connectivity index (χ3v) is 5.21. The van der Waals surface area contributed by atoms with Crippen LogP contribution in [0.2, 0.25) is 0 Å². The van der Waals surface area contributed by atoms with Gasteiger partial charge in [0.2, 0.25) is 0 Å². The molecule has 0 aliphatic rings. The van der Waals surface area contributed by atoms with Crippen molar-refractivity contribution in [3.05, 3.63) is 29.1 Å². The van der Waals surface area contributed by atoms with E-state index in [0.29, 0.717) is 5.75 Å². The number of phenols is 1. The smallest absolute Gasteiger partial charge is 0.174 e. The summed E-state index contributed by atoms with van der Waals surface area (Å²) in [6.45, 7) is 12.9. The van der Waals surface area contributed by atoms with Gasteiger partial charge in [0.05, 0.1) is 0 Å². The highest BCUT2D eigenvalue weighted by Gasteiger charge is 2.26. The zero-order valence-electron chi connectivity index (χ0n) is 16.2. The molecule has 0 saturated heterocycles. The van der Waals surface area contributed by atoms with Crippen LogP contribution in [-0.2, 0) is 17.3 Å². The number of aromatic hydroxyl groups is 1. The Morgan fingerprint density at radius 2 is 1.60 bits per heavy atom. The van der Waals surface area contributed by atoms with Crippen molar-refractivity contribution in [1.82, 2.24) is 20.6 Å². The van der Waals surface area contributed by atoms with Crippen molar-refractivity contribution in [2.75, 3.05) is 5.75 Å². The average molecular weight is 363 g/mol. The van der Waals surface area contributed by atoms with E-state index in [0.717, 1.165) is 42.0 Å². The molecule has 0 bridgehead atoms. The molecule has 0 aliphatic carbocycles. The zero-order valence-corrected chi connectivity index (χ0v) is 17.0. The number of rotatable bonds is 6. The molecule has 0 radical (unpaired) electrons. The summed E-state index contributed by atoms with van der Waals surface area (Å²) in [6, 6.07) is 4.29. The predicted octanol–water partition coefficient (Wildman–Crippen LogP) is 4.62. The summed E-state index contributed by atoms with van der Waals surface area (Å²) < 4.78 is 0. The molecule has 2 N–H and O–H groups in total. The van der Waals surface area contributed by atoms with Crippen LogP contribution in [0.5, 0.6) is 5.75 Å². The minimum absolute atomic E-state index is 0.0841. The van der Waals surface area contributed by atoms with E-state index in [-0.39, 0.29) is 10.8 Å². The number of phenolic OH excluding ortho intramolecular Hbond substituents is 1. The molecule has 0 amide bonds. The molecule has 5 nitrogen and oxygen atoms in total. The van der Waals surface area contributed by atoms with Crippen LogP contribution in [0, 0.1) is 0 Å². The minimum Gasteiger partial charge on any atom is -0.507 e. The van der Waals surface area contributed by atoms with Crippen molar-refractivity contribution in [1.29, 1.82) is 0 Å². The topological polar surface area (TPSA) is 74.7 Å². The van der Waals surface area contributed by atoms with Crippen LogP contribution in [0.4, 0.5) is 0 Å². The highest BCUT2D eigenvalue weighted by atomic mass is 32.2. The standard InChI is InChI=1S/C19H30N4OS/c1-18(2,3)14-11-13(12-15(17(14)24)19(4,5)6)25-10-8-7-9-16-20-22-23-21-16/h11-12,24H,7-10H2,1-6H3,(H,20,21,22,23). The maximum Gasteiger partial charge on any atom is 0.174 e. The van der Waals surface area contributed by atoms with E-state index in [1.54, 1.807) is 0 Å². The van der Waals surface area contributed by atoms with E-state index in [4.69, 9.17) is 0 Å². The van der Waals surface area contributed by atoms with Crippen molar-refractivity contribution in [3.8, 4) is 5.75 Å². The van der Waals surface area contributed by atoms with Crippen molar-refractivity contribution in [3.63, 3.8) is 0 Å². The van der Waals surface area contributed by atoms with Gasteiger partial charge in [0.15, 0.2) is 5.82 Å². The molecule has 0 unspecified atom stereocenters. The zero-order chi connectivity index (χ0) is 18.7. The molecule has 1 aromatic carbocycles. The summed E-state index contributed by atoms with van der Waals surface area (Å²) in [5, 5.41) is 24.8. The van der Waals surface area contributed by atoms with Crippen molar-refractivity contribution < 1.29 is 5.11 Å². The van der Waals surface area contributed by atoms with Gasteiger partial charge in [0, 0.05) is 22.4 Å². The van der Waals surface area contributed by atoms with Gasteiger partial charge in [-0.05, 0) is 41.6 Å². The maximum atomic E-state index is 10.8. The maximum absolute atomic E-state index is 10.8. The number of benzene rings is 1. The van der Waals surface area contributed by atoms with Gasteiger partial charge in [-0.15, -0.1) is 22.0 Å². The third-order valence-electron chi connectivity index (χ3n) is 4.15. The fraction of sp³-hybridized carbons (Fsp3) is 0.632. The van der Waals surface area contributed by atoms with Gasteiger partial charge >= 0.3 is 0 Å². The summed E-state index contributed by atoms with van der Waals surface area (Å²) in [5.74, 6) is 2.26. The number of tetrazole rings is 1. The molecule has 0 spiro atoms. The number of hydrogen-bond acceptors (Lipinski definition) is 5. The summed E-state index contributed by atoms with van der Waals surface area (Å²) in [7, 11) is 0. The number of nitrogens with one attached hydrogen (secondary N) is 1. The number of aromatic amines is 1. The van der Waals surface area contributed by atoms with Crippen LogP contribution < -0.4 is 0 Å². The molecule has 138 valence electrons. The van der Waals surface area contributed by atoms with Crippen molar-refractivity contribution in [2.45, 2.75) is 76.5 Å². The largest absolute Gasteiger partial charge is 0.507 e. The first-order chi connectivity index (χ1) is 11.6. The Morgan fingerprint density at radius 1 is 1.00 bits per heavy atom. The lowest BCUT2D eigenvalue weighted by Gasteiger charge is -2.28. The SMILES string of the molecule is CC(C)(C)c1cc(SCCCCc2nn[nH]n2)cc(C(C)(C)C)c1O. The Hall–Kier alpha value is -1.56. The van der Waals surface area contributed by atoms with E-state index < -0.39 is 0 Å². The Balaban J connectivity index is 2.06. The quantitative estimate of drug-likeness (QED) is 0.579. The summed E-state index contributed by atoms with van der Waals surface area (Å²) in [4.78, 5) is 1.23. The Kier molecular flexibility index (Phi) is 6.14. The van der Waals surface area contributed by atoms with Crippen molar-refractivity contribution in [2.24, 2.45) is 0 Å². The number of nitrogens with zero attached hydrogens (tertiary/aromatic N) is 3. The van der Waals surface area contributed by atoms with Crippen LogP contribution in [0.25, 0.3) is 0 Å². The second-order valence-corrected chi connectivity index (χ2v) is 9.67.